The zero-order chi connectivity index (χ0) is 25.4. The minimum Gasteiger partial charge on any atom is -0.446 e. The van der Waals surface area contributed by atoms with Crippen LogP contribution in [0.15, 0.2) is 78.9 Å². The van der Waals surface area contributed by atoms with Gasteiger partial charge in [-0.15, -0.1) is 0 Å². The van der Waals surface area contributed by atoms with Gasteiger partial charge in [0.05, 0.1) is 0 Å². The molecule has 0 heterocycles. The van der Waals surface area contributed by atoms with Crippen molar-refractivity contribution in [1.82, 2.24) is 10.6 Å². The molecule has 188 valence electrons. The van der Waals surface area contributed by atoms with Crippen LogP contribution in [0.4, 0.5) is 4.79 Å². The third-order valence-corrected chi connectivity index (χ3v) is 6.95. The Morgan fingerprint density at radius 2 is 1.56 bits per heavy atom. The second-order valence-corrected chi connectivity index (χ2v) is 10.4. The molecule has 1 aliphatic carbocycles. The van der Waals surface area contributed by atoms with Gasteiger partial charge in [-0.3, -0.25) is 4.79 Å². The molecule has 4 rings (SSSR count). The maximum Gasteiger partial charge on any atom is 0.407 e. The average Bonchev–Trinajstić information content (AvgIpc) is 2.90. The molecule has 0 aromatic heterocycles. The SMILES string of the molecule is CC1(C)CCC(OC(=O)NCc2ccc(-c3cccc(C(=O)NCCc4ccccc4)c3)cc2)CC1. The van der Waals surface area contributed by atoms with Gasteiger partial charge in [-0.25, -0.2) is 4.79 Å². The van der Waals surface area contributed by atoms with Gasteiger partial charge >= 0.3 is 6.09 Å². The van der Waals surface area contributed by atoms with Crippen LogP contribution in [-0.4, -0.2) is 24.6 Å². The predicted molar refractivity (Wildman–Crippen MR) is 144 cm³/mol. The van der Waals surface area contributed by atoms with E-state index in [0.29, 0.717) is 24.1 Å². The Kier molecular flexibility index (Phi) is 8.42. The van der Waals surface area contributed by atoms with Gasteiger partial charge in [0.2, 0.25) is 0 Å². The molecule has 0 aliphatic heterocycles. The van der Waals surface area contributed by atoms with Gasteiger partial charge in [-0.2, -0.15) is 0 Å². The van der Waals surface area contributed by atoms with E-state index in [0.717, 1.165) is 48.8 Å². The molecule has 0 spiro atoms. The number of alkyl carbamates (subject to hydrolysis) is 1. The first-order chi connectivity index (χ1) is 17.4. The molecule has 0 saturated heterocycles. The largest absolute Gasteiger partial charge is 0.446 e. The van der Waals surface area contributed by atoms with Gasteiger partial charge in [0.25, 0.3) is 5.91 Å². The predicted octanol–water partition coefficient (Wildman–Crippen LogP) is 6.52. The van der Waals surface area contributed by atoms with E-state index in [2.05, 4.69) is 36.6 Å². The van der Waals surface area contributed by atoms with Gasteiger partial charge in [0.15, 0.2) is 0 Å². The molecule has 1 saturated carbocycles. The van der Waals surface area contributed by atoms with Gasteiger partial charge in [-0.05, 0) is 71.9 Å². The number of benzene rings is 3. The van der Waals surface area contributed by atoms with Crippen LogP contribution in [0.3, 0.4) is 0 Å². The lowest BCUT2D eigenvalue weighted by atomic mass is 9.76. The Balaban J connectivity index is 1.25. The normalized spacial score (nSPS) is 15.2. The molecule has 0 radical (unpaired) electrons. The molecule has 1 fully saturated rings. The van der Waals surface area contributed by atoms with Gasteiger partial charge < -0.3 is 15.4 Å². The standard InChI is InChI=1S/C31H36N2O3/c1-31(2)18-15-28(16-19-31)36-30(35)33-22-24-11-13-25(14-12-24)26-9-6-10-27(21-26)29(34)32-20-17-23-7-4-3-5-8-23/h3-14,21,28H,15-20,22H2,1-2H3,(H,32,34)(H,33,35). The van der Waals surface area contributed by atoms with Crippen molar-refractivity contribution in [3.63, 3.8) is 0 Å². The fourth-order valence-corrected chi connectivity index (χ4v) is 4.58. The van der Waals surface area contributed by atoms with Crippen molar-refractivity contribution in [3.05, 3.63) is 95.6 Å². The Hall–Kier alpha value is -3.60. The van der Waals surface area contributed by atoms with Gasteiger partial charge in [0.1, 0.15) is 6.10 Å². The van der Waals surface area contributed by atoms with Crippen molar-refractivity contribution in [2.75, 3.05) is 6.54 Å². The monoisotopic (exact) mass is 484 g/mol. The molecule has 5 nitrogen and oxygen atoms in total. The molecule has 36 heavy (non-hydrogen) atoms. The highest BCUT2D eigenvalue weighted by Gasteiger charge is 2.28. The van der Waals surface area contributed by atoms with Crippen LogP contribution < -0.4 is 10.6 Å². The fraction of sp³-hybridized carbons (Fsp3) is 0.355. The number of hydrogen-bond acceptors (Lipinski definition) is 3. The molecule has 2 N–H and O–H groups in total. The van der Waals surface area contributed by atoms with Crippen LogP contribution in [-0.2, 0) is 17.7 Å². The molecule has 2 amide bonds. The molecule has 0 bridgehead atoms. The van der Waals surface area contributed by atoms with Crippen molar-refractivity contribution in [3.8, 4) is 11.1 Å². The van der Waals surface area contributed by atoms with Crippen molar-refractivity contribution in [2.24, 2.45) is 5.41 Å². The summed E-state index contributed by atoms with van der Waals surface area (Å²) in [5.74, 6) is -0.0753. The van der Waals surface area contributed by atoms with Crippen molar-refractivity contribution >= 4 is 12.0 Å². The van der Waals surface area contributed by atoms with Crippen LogP contribution in [0.25, 0.3) is 11.1 Å². The quantitative estimate of drug-likeness (QED) is 0.382. The molecule has 5 heteroatoms. The highest BCUT2D eigenvalue weighted by atomic mass is 16.6. The Labute approximate surface area is 214 Å². The second kappa shape index (κ2) is 11.9. The number of carbonyl (C=O) groups excluding carboxylic acids is 2. The minimum absolute atomic E-state index is 0.0169. The van der Waals surface area contributed by atoms with E-state index in [1.807, 2.05) is 66.7 Å². The van der Waals surface area contributed by atoms with E-state index < -0.39 is 0 Å². The van der Waals surface area contributed by atoms with E-state index in [-0.39, 0.29) is 18.1 Å². The lowest BCUT2D eigenvalue weighted by molar-refractivity contribution is 0.0479. The summed E-state index contributed by atoms with van der Waals surface area (Å²) < 4.78 is 5.60. The number of ether oxygens (including phenoxy) is 1. The van der Waals surface area contributed by atoms with Crippen LogP contribution in [0.5, 0.6) is 0 Å². The smallest absolute Gasteiger partial charge is 0.407 e. The number of rotatable bonds is 8. The number of hydrogen-bond donors (Lipinski definition) is 2. The Bertz CT molecular complexity index is 1150. The van der Waals surface area contributed by atoms with Crippen molar-refractivity contribution < 1.29 is 14.3 Å². The summed E-state index contributed by atoms with van der Waals surface area (Å²) in [6.45, 7) is 5.55. The maximum absolute atomic E-state index is 12.6. The summed E-state index contributed by atoms with van der Waals surface area (Å²) in [4.78, 5) is 24.9. The van der Waals surface area contributed by atoms with E-state index >= 15 is 0 Å². The van der Waals surface area contributed by atoms with Gasteiger partial charge in [0, 0.05) is 18.7 Å². The molecule has 1 aliphatic rings. The van der Waals surface area contributed by atoms with Crippen LogP contribution in [0.1, 0.15) is 61.0 Å². The van der Waals surface area contributed by atoms with E-state index in [1.54, 1.807) is 0 Å². The summed E-state index contributed by atoms with van der Waals surface area (Å²) in [7, 11) is 0. The molecule has 3 aromatic carbocycles. The van der Waals surface area contributed by atoms with Crippen LogP contribution >= 0.6 is 0 Å². The topological polar surface area (TPSA) is 67.4 Å². The zero-order valence-corrected chi connectivity index (χ0v) is 21.3. The summed E-state index contributed by atoms with van der Waals surface area (Å²) in [5.41, 5.74) is 5.18. The molecule has 0 unspecified atom stereocenters. The molecular formula is C31H36N2O3. The first kappa shape index (κ1) is 25.5. The maximum atomic E-state index is 12.6. The number of nitrogens with one attached hydrogen (secondary N) is 2. The zero-order valence-electron chi connectivity index (χ0n) is 21.3. The van der Waals surface area contributed by atoms with E-state index in [1.165, 1.54) is 5.56 Å². The lowest BCUT2D eigenvalue weighted by Gasteiger charge is -2.33. The number of carbonyl (C=O) groups is 2. The second-order valence-electron chi connectivity index (χ2n) is 10.4. The first-order valence-corrected chi connectivity index (χ1v) is 12.8. The number of amides is 2. The third kappa shape index (κ3) is 7.45. The van der Waals surface area contributed by atoms with Gasteiger partial charge in [-0.1, -0.05) is 80.6 Å². The van der Waals surface area contributed by atoms with E-state index in [9.17, 15) is 9.59 Å². The lowest BCUT2D eigenvalue weighted by Crippen LogP contribution is -2.32. The first-order valence-electron chi connectivity index (χ1n) is 12.8. The summed E-state index contributed by atoms with van der Waals surface area (Å²) >= 11 is 0. The summed E-state index contributed by atoms with van der Waals surface area (Å²) in [5, 5.41) is 5.87. The van der Waals surface area contributed by atoms with Crippen LogP contribution in [0, 0.1) is 5.41 Å². The minimum atomic E-state index is -0.352. The van der Waals surface area contributed by atoms with E-state index in [4.69, 9.17) is 4.74 Å². The van der Waals surface area contributed by atoms with Crippen molar-refractivity contribution in [1.29, 1.82) is 0 Å². The Morgan fingerprint density at radius 1 is 0.833 bits per heavy atom. The molecule has 0 atom stereocenters. The Morgan fingerprint density at radius 3 is 2.28 bits per heavy atom. The highest BCUT2D eigenvalue weighted by molar-refractivity contribution is 5.95. The summed E-state index contributed by atoms with van der Waals surface area (Å²) in [6.07, 6.45) is 4.50. The third-order valence-electron chi connectivity index (χ3n) is 6.95. The molecule has 3 aromatic rings. The summed E-state index contributed by atoms with van der Waals surface area (Å²) in [6, 6.07) is 25.8. The molecular weight excluding hydrogens is 448 g/mol. The van der Waals surface area contributed by atoms with Crippen molar-refractivity contribution in [2.45, 2.75) is 58.6 Å². The fourth-order valence-electron chi connectivity index (χ4n) is 4.58. The highest BCUT2D eigenvalue weighted by Crippen LogP contribution is 2.36. The van der Waals surface area contributed by atoms with Crippen LogP contribution in [0.2, 0.25) is 0 Å². The average molecular weight is 485 g/mol.